The van der Waals surface area contributed by atoms with Crippen molar-refractivity contribution in [2.45, 2.75) is 33.1 Å². The second kappa shape index (κ2) is 7.07. The minimum absolute atomic E-state index is 0.152. The van der Waals surface area contributed by atoms with E-state index in [1.807, 2.05) is 13.8 Å². The van der Waals surface area contributed by atoms with Gasteiger partial charge in [-0.15, -0.1) is 5.10 Å². The Morgan fingerprint density at radius 2 is 2.11 bits per heavy atom. The first-order chi connectivity index (χ1) is 8.60. The average Bonchev–Trinajstić information content (AvgIpc) is 2.72. The maximum Gasteiger partial charge on any atom is 0.360 e. The molecule has 0 aliphatic carbocycles. The van der Waals surface area contributed by atoms with Gasteiger partial charge in [0.15, 0.2) is 5.69 Å². The Morgan fingerprint density at radius 1 is 1.39 bits per heavy atom. The molecule has 102 valence electrons. The topological polar surface area (TPSA) is 75.5 Å². The number of esters is 1. The van der Waals surface area contributed by atoms with Crippen molar-refractivity contribution in [3.05, 3.63) is 11.4 Å². The molecule has 0 aromatic carbocycles. The Hall–Kier alpha value is -1.47. The zero-order valence-electron chi connectivity index (χ0n) is 11.2. The fraction of sp³-hybridized carbons (Fsp3) is 0.727. The van der Waals surface area contributed by atoms with Gasteiger partial charge in [-0.25, -0.2) is 9.48 Å². The molecular weight excluding hydrogens is 238 g/mol. The van der Waals surface area contributed by atoms with Crippen LogP contribution in [0.25, 0.3) is 0 Å². The maximum absolute atomic E-state index is 11.5. The Kier molecular flexibility index (Phi) is 5.73. The van der Waals surface area contributed by atoms with E-state index in [2.05, 4.69) is 15.0 Å². The third kappa shape index (κ3) is 3.78. The molecule has 1 aromatic heterocycles. The average molecular weight is 257 g/mol. The highest BCUT2D eigenvalue weighted by atomic mass is 16.5. The number of carbonyl (C=O) groups excluding carboxylic acids is 1. The van der Waals surface area contributed by atoms with Crippen molar-refractivity contribution in [2.75, 3.05) is 20.8 Å². The number of methoxy groups -OCH3 is 2. The molecule has 0 unspecified atom stereocenters. The second-order valence-electron chi connectivity index (χ2n) is 3.95. The van der Waals surface area contributed by atoms with Crippen molar-refractivity contribution in [1.82, 2.24) is 15.0 Å². The summed E-state index contributed by atoms with van der Waals surface area (Å²) in [6.07, 6.45) is 0.152. The molecule has 0 fully saturated rings. The van der Waals surface area contributed by atoms with Crippen LogP contribution in [-0.2, 0) is 27.4 Å². The van der Waals surface area contributed by atoms with Crippen LogP contribution in [0.3, 0.4) is 0 Å². The molecule has 1 aromatic rings. The predicted octanol–water partition coefficient (Wildman–Crippen LogP) is 0.636. The third-order valence-corrected chi connectivity index (χ3v) is 2.25. The molecule has 0 amide bonds. The second-order valence-corrected chi connectivity index (χ2v) is 3.95. The molecule has 0 aliphatic rings. The Labute approximate surface area is 106 Å². The van der Waals surface area contributed by atoms with Gasteiger partial charge in [0.25, 0.3) is 0 Å². The molecule has 0 saturated heterocycles. The zero-order chi connectivity index (χ0) is 13.5. The SMILES string of the molecule is COCc1c(C(=O)OC)nnn1CCOC(C)C. The molecule has 1 heterocycles. The van der Waals surface area contributed by atoms with Crippen molar-refractivity contribution in [3.63, 3.8) is 0 Å². The summed E-state index contributed by atoms with van der Waals surface area (Å²) in [7, 11) is 2.85. The zero-order valence-corrected chi connectivity index (χ0v) is 11.2. The smallest absolute Gasteiger partial charge is 0.360 e. The standard InChI is InChI=1S/C11H19N3O4/c1-8(2)18-6-5-14-9(7-16-3)10(12-13-14)11(15)17-4/h8H,5-7H2,1-4H3. The van der Waals surface area contributed by atoms with Crippen molar-refractivity contribution in [3.8, 4) is 0 Å². The molecule has 0 aliphatic heterocycles. The molecule has 0 spiro atoms. The van der Waals surface area contributed by atoms with Crippen molar-refractivity contribution < 1.29 is 19.0 Å². The summed E-state index contributed by atoms with van der Waals surface area (Å²) in [6.45, 7) is 5.17. The summed E-state index contributed by atoms with van der Waals surface area (Å²) in [5, 5.41) is 7.71. The lowest BCUT2D eigenvalue weighted by Gasteiger charge is -2.09. The van der Waals surface area contributed by atoms with Gasteiger partial charge < -0.3 is 14.2 Å². The number of carbonyl (C=O) groups is 1. The van der Waals surface area contributed by atoms with E-state index in [1.165, 1.54) is 7.11 Å². The molecule has 0 N–H and O–H groups in total. The molecule has 1 rings (SSSR count). The van der Waals surface area contributed by atoms with Gasteiger partial charge in [-0.05, 0) is 13.8 Å². The van der Waals surface area contributed by atoms with Gasteiger partial charge in [-0.2, -0.15) is 0 Å². The lowest BCUT2D eigenvalue weighted by Crippen LogP contribution is -2.15. The van der Waals surface area contributed by atoms with Gasteiger partial charge in [-0.3, -0.25) is 0 Å². The highest BCUT2D eigenvalue weighted by molar-refractivity contribution is 5.88. The predicted molar refractivity (Wildman–Crippen MR) is 63.2 cm³/mol. The molecule has 18 heavy (non-hydrogen) atoms. The number of ether oxygens (including phenoxy) is 3. The van der Waals surface area contributed by atoms with Crippen LogP contribution < -0.4 is 0 Å². The highest BCUT2D eigenvalue weighted by Gasteiger charge is 2.19. The highest BCUT2D eigenvalue weighted by Crippen LogP contribution is 2.08. The van der Waals surface area contributed by atoms with Crippen LogP contribution in [0.4, 0.5) is 0 Å². The van der Waals surface area contributed by atoms with E-state index in [4.69, 9.17) is 9.47 Å². The van der Waals surface area contributed by atoms with Crippen LogP contribution >= 0.6 is 0 Å². The van der Waals surface area contributed by atoms with E-state index in [1.54, 1.807) is 11.8 Å². The summed E-state index contributed by atoms with van der Waals surface area (Å²) < 4.78 is 16.7. The molecular formula is C11H19N3O4. The quantitative estimate of drug-likeness (QED) is 0.667. The first-order valence-corrected chi connectivity index (χ1v) is 5.71. The summed E-state index contributed by atoms with van der Waals surface area (Å²) in [5.74, 6) is -0.516. The maximum atomic E-state index is 11.5. The number of hydrogen-bond donors (Lipinski definition) is 0. The van der Waals surface area contributed by atoms with E-state index in [9.17, 15) is 4.79 Å². The van der Waals surface area contributed by atoms with Crippen LogP contribution in [0.1, 0.15) is 30.0 Å². The molecule has 0 saturated carbocycles. The van der Waals surface area contributed by atoms with Gasteiger partial charge in [0, 0.05) is 7.11 Å². The monoisotopic (exact) mass is 257 g/mol. The number of rotatable bonds is 7. The Morgan fingerprint density at radius 3 is 2.67 bits per heavy atom. The largest absolute Gasteiger partial charge is 0.464 e. The summed E-state index contributed by atoms with van der Waals surface area (Å²) in [6, 6.07) is 0. The van der Waals surface area contributed by atoms with Crippen LogP contribution in [0.5, 0.6) is 0 Å². The Bertz CT molecular complexity index is 390. The van der Waals surface area contributed by atoms with Gasteiger partial charge in [-0.1, -0.05) is 5.21 Å². The first kappa shape index (κ1) is 14.6. The van der Waals surface area contributed by atoms with Crippen LogP contribution in [-0.4, -0.2) is 47.9 Å². The summed E-state index contributed by atoms with van der Waals surface area (Å²) >= 11 is 0. The lowest BCUT2D eigenvalue weighted by atomic mass is 10.3. The minimum atomic E-state index is -0.516. The fourth-order valence-corrected chi connectivity index (χ4v) is 1.42. The van der Waals surface area contributed by atoms with Crippen LogP contribution in [0.2, 0.25) is 0 Å². The van der Waals surface area contributed by atoms with E-state index in [-0.39, 0.29) is 18.4 Å². The number of aromatic nitrogens is 3. The lowest BCUT2D eigenvalue weighted by molar-refractivity contribution is 0.0585. The van der Waals surface area contributed by atoms with Gasteiger partial charge in [0.1, 0.15) is 0 Å². The molecule has 0 radical (unpaired) electrons. The van der Waals surface area contributed by atoms with E-state index < -0.39 is 5.97 Å². The normalized spacial score (nSPS) is 10.9. The molecule has 0 bridgehead atoms. The van der Waals surface area contributed by atoms with E-state index >= 15 is 0 Å². The van der Waals surface area contributed by atoms with Gasteiger partial charge in [0.05, 0.1) is 38.7 Å². The summed E-state index contributed by atoms with van der Waals surface area (Å²) in [5.41, 5.74) is 0.778. The third-order valence-electron chi connectivity index (χ3n) is 2.25. The van der Waals surface area contributed by atoms with Crippen molar-refractivity contribution in [1.29, 1.82) is 0 Å². The van der Waals surface area contributed by atoms with Crippen LogP contribution in [0, 0.1) is 0 Å². The van der Waals surface area contributed by atoms with Gasteiger partial charge >= 0.3 is 5.97 Å². The van der Waals surface area contributed by atoms with Crippen molar-refractivity contribution >= 4 is 5.97 Å². The van der Waals surface area contributed by atoms with E-state index in [0.29, 0.717) is 18.8 Å². The molecule has 7 heteroatoms. The van der Waals surface area contributed by atoms with Crippen LogP contribution in [0.15, 0.2) is 0 Å². The minimum Gasteiger partial charge on any atom is -0.464 e. The van der Waals surface area contributed by atoms with E-state index in [0.717, 1.165) is 0 Å². The number of nitrogens with zero attached hydrogens (tertiary/aromatic N) is 3. The molecule has 0 atom stereocenters. The van der Waals surface area contributed by atoms with Gasteiger partial charge in [0.2, 0.25) is 0 Å². The number of hydrogen-bond acceptors (Lipinski definition) is 6. The Balaban J connectivity index is 2.77. The fourth-order valence-electron chi connectivity index (χ4n) is 1.42. The van der Waals surface area contributed by atoms with Crippen molar-refractivity contribution in [2.24, 2.45) is 0 Å². The molecule has 7 nitrogen and oxygen atoms in total. The summed E-state index contributed by atoms with van der Waals surface area (Å²) in [4.78, 5) is 11.5. The first-order valence-electron chi connectivity index (χ1n) is 5.71.